The van der Waals surface area contributed by atoms with Gasteiger partial charge in [0.05, 0.1) is 31.6 Å². The van der Waals surface area contributed by atoms with E-state index in [-0.39, 0.29) is 11.6 Å². The van der Waals surface area contributed by atoms with Gasteiger partial charge in [-0.1, -0.05) is 35.7 Å². The Morgan fingerprint density at radius 2 is 2.03 bits per heavy atom. The molecule has 3 rings (SSSR count). The highest BCUT2D eigenvalue weighted by atomic mass is 35.5. The first-order chi connectivity index (χ1) is 18.4. The van der Waals surface area contributed by atoms with E-state index >= 15 is 0 Å². The first-order valence-electron chi connectivity index (χ1n) is 11.9. The van der Waals surface area contributed by atoms with Gasteiger partial charge in [-0.05, 0) is 39.8 Å². The minimum atomic E-state index is -4.50. The van der Waals surface area contributed by atoms with Crippen LogP contribution in [0.5, 0.6) is 5.75 Å². The van der Waals surface area contributed by atoms with Crippen LogP contribution in [0.1, 0.15) is 33.9 Å². The first-order valence-corrected chi connectivity index (χ1v) is 13.7. The second-order valence-corrected chi connectivity index (χ2v) is 10.9. The number of nitrogens with two attached hydrogens (primary N) is 1. The number of esters is 1. The molecule has 1 aromatic heterocycles. The summed E-state index contributed by atoms with van der Waals surface area (Å²) < 4.78 is 42.2. The van der Waals surface area contributed by atoms with Crippen molar-refractivity contribution in [3.05, 3.63) is 47.0 Å². The van der Waals surface area contributed by atoms with Crippen molar-refractivity contribution in [2.45, 2.75) is 57.1 Å². The van der Waals surface area contributed by atoms with Crippen molar-refractivity contribution in [3.63, 3.8) is 0 Å². The van der Waals surface area contributed by atoms with Gasteiger partial charge in [0.2, 0.25) is 0 Å². The summed E-state index contributed by atoms with van der Waals surface area (Å²) in [5.41, 5.74) is 4.68. The molecule has 15 heteroatoms. The Bertz CT molecular complexity index is 1320. The zero-order valence-corrected chi connectivity index (χ0v) is 23.4. The fourth-order valence-electron chi connectivity index (χ4n) is 3.74. The smallest absolute Gasteiger partial charge is 0.461 e. The molecule has 0 saturated carbocycles. The van der Waals surface area contributed by atoms with E-state index in [9.17, 15) is 19.3 Å². The molecule has 39 heavy (non-hydrogen) atoms. The molecule has 1 aromatic carbocycles. The summed E-state index contributed by atoms with van der Waals surface area (Å²) in [5, 5.41) is 14.2. The third-order valence-corrected chi connectivity index (χ3v) is 7.49. The quantitative estimate of drug-likeness (QED) is 0.171. The number of rotatable bonds is 11. The number of carbonyl (C=O) groups excluding carboxylic acids is 1. The van der Waals surface area contributed by atoms with Crippen molar-refractivity contribution in [2.75, 3.05) is 18.9 Å². The lowest BCUT2D eigenvalue weighted by atomic mass is 9.89. The highest BCUT2D eigenvalue weighted by Crippen LogP contribution is 2.53. The number of ether oxygens (including phenoxy) is 2. The summed E-state index contributed by atoms with van der Waals surface area (Å²) >= 11 is 6.83. The predicted molar refractivity (Wildman–Crippen MR) is 140 cm³/mol. The monoisotopic (exact) mass is 584 g/mol. The Kier molecular flexibility index (Phi) is 10.1. The third-order valence-electron chi connectivity index (χ3n) is 5.45. The van der Waals surface area contributed by atoms with E-state index in [1.54, 1.807) is 32.0 Å². The second kappa shape index (κ2) is 12.9. The van der Waals surface area contributed by atoms with Gasteiger partial charge in [-0.2, -0.15) is 14.8 Å². The van der Waals surface area contributed by atoms with Crippen molar-refractivity contribution in [1.82, 2.24) is 14.8 Å². The standard InChI is InChI=1S/C24H30ClN4O9P/c1-5-11-24(25)18(13-30)19(36-22(24)29-23(32)28-20(26)12-27-29)14-34-39(33,38-17-9-7-6-8-10-17)37-16(4)21(31)35-15(2)3/h6-10,12,15-16,18-19,22,30H,13-14H2,1-4H3,(H2,26,28,32)/t16-,18?,19+,22+,24?,39?/m0/s1. The number of aliphatic hydroxyl groups is 1. The molecule has 1 aliphatic heterocycles. The van der Waals surface area contributed by atoms with Crippen molar-refractivity contribution >= 4 is 31.2 Å². The van der Waals surface area contributed by atoms with Crippen LogP contribution in [-0.4, -0.2) is 62.2 Å². The Morgan fingerprint density at radius 3 is 2.62 bits per heavy atom. The molecule has 0 amide bonds. The number of hydrogen-bond donors (Lipinski definition) is 2. The van der Waals surface area contributed by atoms with Crippen LogP contribution in [0.3, 0.4) is 0 Å². The fraction of sp³-hybridized carbons (Fsp3) is 0.500. The van der Waals surface area contributed by atoms with Gasteiger partial charge in [0.25, 0.3) is 0 Å². The fourth-order valence-corrected chi connectivity index (χ4v) is 5.53. The van der Waals surface area contributed by atoms with Crippen LogP contribution in [0.2, 0.25) is 0 Å². The summed E-state index contributed by atoms with van der Waals surface area (Å²) in [6, 6.07) is 8.03. The number of aliphatic hydroxyl groups excluding tert-OH is 1. The van der Waals surface area contributed by atoms with E-state index in [1.165, 1.54) is 26.0 Å². The number of halogens is 1. The molecule has 0 spiro atoms. The molecule has 1 aliphatic rings. The number of carbonyl (C=O) groups is 1. The van der Waals surface area contributed by atoms with E-state index in [2.05, 4.69) is 21.9 Å². The minimum absolute atomic E-state index is 0.115. The van der Waals surface area contributed by atoms with Crippen molar-refractivity contribution in [3.8, 4) is 17.6 Å². The Balaban J connectivity index is 1.90. The van der Waals surface area contributed by atoms with Crippen LogP contribution in [0.4, 0.5) is 5.82 Å². The largest absolute Gasteiger partial charge is 0.530 e. The Labute approximate surface area is 230 Å². The van der Waals surface area contributed by atoms with Gasteiger partial charge >= 0.3 is 19.5 Å². The second-order valence-electron chi connectivity index (χ2n) is 8.75. The number of anilines is 1. The lowest BCUT2D eigenvalue weighted by Gasteiger charge is -2.27. The molecule has 2 heterocycles. The Hall–Kier alpha value is -2.98. The number of aromatic nitrogens is 3. The first kappa shape index (κ1) is 30.6. The van der Waals surface area contributed by atoms with Gasteiger partial charge < -0.3 is 24.8 Å². The van der Waals surface area contributed by atoms with E-state index in [1.807, 2.05) is 0 Å². The molecule has 3 unspecified atom stereocenters. The minimum Gasteiger partial charge on any atom is -0.461 e. The number of phosphoric ester groups is 1. The van der Waals surface area contributed by atoms with Crippen molar-refractivity contribution in [2.24, 2.45) is 5.92 Å². The van der Waals surface area contributed by atoms with Crippen molar-refractivity contribution in [1.29, 1.82) is 0 Å². The van der Waals surface area contributed by atoms with E-state index < -0.39 is 68.0 Å². The number of alkyl halides is 1. The maximum atomic E-state index is 13.7. The maximum Gasteiger partial charge on any atom is 0.530 e. The van der Waals surface area contributed by atoms with Gasteiger partial charge in [-0.15, -0.1) is 5.92 Å². The Morgan fingerprint density at radius 1 is 1.33 bits per heavy atom. The molecule has 6 atom stereocenters. The van der Waals surface area contributed by atoms with Crippen LogP contribution < -0.4 is 15.9 Å². The zero-order chi connectivity index (χ0) is 28.8. The van der Waals surface area contributed by atoms with Gasteiger partial charge in [0, 0.05) is 5.92 Å². The summed E-state index contributed by atoms with van der Waals surface area (Å²) in [6.07, 6.45) is -3.04. The summed E-state index contributed by atoms with van der Waals surface area (Å²) in [4.78, 5) is 26.8. The number of hydrogen-bond acceptors (Lipinski definition) is 12. The van der Waals surface area contributed by atoms with Crippen LogP contribution in [0, 0.1) is 17.8 Å². The molecular formula is C24H30ClN4O9P. The van der Waals surface area contributed by atoms with Gasteiger partial charge in [0.1, 0.15) is 11.6 Å². The summed E-state index contributed by atoms with van der Waals surface area (Å²) in [6.45, 7) is 5.10. The molecule has 1 fully saturated rings. The highest BCUT2D eigenvalue weighted by Gasteiger charge is 2.57. The van der Waals surface area contributed by atoms with Crippen LogP contribution in [-0.2, 0) is 27.9 Å². The molecule has 0 bridgehead atoms. The normalized spacial score (nSPS) is 24.8. The average molecular weight is 585 g/mol. The lowest BCUT2D eigenvalue weighted by Crippen LogP contribution is -2.42. The number of para-hydroxylation sites is 1. The molecule has 1 saturated heterocycles. The van der Waals surface area contributed by atoms with Crippen LogP contribution in [0.25, 0.3) is 0 Å². The van der Waals surface area contributed by atoms with E-state index in [0.717, 1.165) is 10.9 Å². The van der Waals surface area contributed by atoms with Gasteiger partial charge in [-0.3, -0.25) is 9.05 Å². The number of phosphoric acid groups is 1. The number of nitrogen functional groups attached to an aromatic ring is 1. The van der Waals surface area contributed by atoms with E-state index in [4.69, 9.17) is 40.4 Å². The SMILES string of the molecule is CC#CC1(Cl)C(CO)[C@@H](COP(=O)(Oc2ccccc2)O[C@@H](C)C(=O)OC(C)C)O[C@H]1n1ncc(N)nc1=O. The molecule has 13 nitrogen and oxygen atoms in total. The number of nitrogens with zero attached hydrogens (tertiary/aromatic N) is 3. The van der Waals surface area contributed by atoms with Crippen molar-refractivity contribution < 1.29 is 37.5 Å². The van der Waals surface area contributed by atoms with E-state index in [0.29, 0.717) is 0 Å². The molecule has 2 aromatic rings. The molecule has 212 valence electrons. The average Bonchev–Trinajstić information content (AvgIpc) is 3.14. The topological polar surface area (TPSA) is 174 Å². The lowest BCUT2D eigenvalue weighted by molar-refractivity contribution is -0.155. The van der Waals surface area contributed by atoms with Crippen LogP contribution in [0.15, 0.2) is 41.3 Å². The molecule has 0 aliphatic carbocycles. The highest BCUT2D eigenvalue weighted by molar-refractivity contribution is 7.49. The summed E-state index contributed by atoms with van der Waals surface area (Å²) in [5.74, 6) is 3.72. The molecular weight excluding hydrogens is 555 g/mol. The van der Waals surface area contributed by atoms with Crippen LogP contribution >= 0.6 is 19.4 Å². The third kappa shape index (κ3) is 7.36. The zero-order valence-electron chi connectivity index (χ0n) is 21.7. The molecule has 0 radical (unpaired) electrons. The number of benzene rings is 1. The molecule has 3 N–H and O–H groups in total. The summed E-state index contributed by atoms with van der Waals surface area (Å²) in [7, 11) is -4.50. The predicted octanol–water partition coefficient (Wildman–Crippen LogP) is 2.29. The van der Waals surface area contributed by atoms with Gasteiger partial charge in [-0.25, -0.2) is 14.2 Å². The van der Waals surface area contributed by atoms with Gasteiger partial charge in [0.15, 0.2) is 17.2 Å². The maximum absolute atomic E-state index is 13.7.